The Labute approximate surface area is 203 Å². The van der Waals surface area contributed by atoms with Crippen molar-refractivity contribution in [3.05, 3.63) is 130 Å². The average Bonchev–Trinajstić information content (AvgIpc) is 3.12. The molecule has 1 heteroatoms. The molecule has 1 unspecified atom stereocenters. The molecule has 168 valence electrons. The summed E-state index contributed by atoms with van der Waals surface area (Å²) in [6, 6.07) is 34.2. The molecule has 0 amide bonds. The van der Waals surface area contributed by atoms with Crippen LogP contribution in [0.3, 0.4) is 0 Å². The van der Waals surface area contributed by atoms with E-state index in [2.05, 4.69) is 111 Å². The van der Waals surface area contributed by atoms with Crippen molar-refractivity contribution < 1.29 is 16.6 Å². The van der Waals surface area contributed by atoms with Gasteiger partial charge >= 0.3 is 204 Å². The molecule has 0 fully saturated rings. The summed E-state index contributed by atoms with van der Waals surface area (Å²) in [6.07, 6.45) is 7.90. The summed E-state index contributed by atoms with van der Waals surface area (Å²) in [7, 11) is 0. The Bertz CT molecular complexity index is 1040. The molecule has 1 atom stereocenters. The standard InChI is InChI=1S/C11H15.3C7H7.Ti/c1-8-7-10-5-3-4-6-11(10)9(8)2;3*1-7-5-3-2-4-6-7;/h7H,3-6H2,1-2H3;3*2-6H,1H2;. The average molecular weight is 469 g/mol. The van der Waals surface area contributed by atoms with Crippen LogP contribution in [-0.2, 0) is 30.8 Å². The molecule has 3 aromatic rings. The molecule has 3 aromatic carbocycles. The minimum atomic E-state index is -2.73. The first-order valence-corrected chi connectivity index (χ1v) is 16.7. The van der Waals surface area contributed by atoms with Crippen molar-refractivity contribution in [2.45, 2.75) is 57.4 Å². The van der Waals surface area contributed by atoms with Gasteiger partial charge in [0.15, 0.2) is 0 Å². The van der Waals surface area contributed by atoms with Gasteiger partial charge in [-0.2, -0.15) is 0 Å². The van der Waals surface area contributed by atoms with E-state index in [1.165, 1.54) is 56.6 Å². The Balaban J connectivity index is 1.71. The van der Waals surface area contributed by atoms with Crippen LogP contribution in [0.5, 0.6) is 0 Å². The molecule has 2 aliphatic carbocycles. The molecule has 0 nitrogen and oxygen atoms in total. The van der Waals surface area contributed by atoms with Crippen LogP contribution in [0.25, 0.3) is 0 Å². The molecule has 0 radical (unpaired) electrons. The first-order valence-electron chi connectivity index (χ1n) is 12.6. The van der Waals surface area contributed by atoms with E-state index in [0.717, 1.165) is 0 Å². The molecular weight excluding hydrogens is 432 g/mol. The van der Waals surface area contributed by atoms with Crippen molar-refractivity contribution in [3.8, 4) is 0 Å². The van der Waals surface area contributed by atoms with Crippen LogP contribution in [0.2, 0.25) is 3.72 Å². The van der Waals surface area contributed by atoms with E-state index in [1.807, 2.05) is 5.57 Å². The van der Waals surface area contributed by atoms with Crippen LogP contribution in [0.1, 0.15) is 56.2 Å². The molecule has 0 aliphatic heterocycles. The second kappa shape index (κ2) is 9.61. The molecule has 0 N–H and O–H groups in total. The van der Waals surface area contributed by atoms with Gasteiger partial charge in [-0.05, 0) is 0 Å². The van der Waals surface area contributed by atoms with Gasteiger partial charge in [-0.25, -0.2) is 0 Å². The van der Waals surface area contributed by atoms with E-state index in [0.29, 0.717) is 0 Å². The summed E-state index contributed by atoms with van der Waals surface area (Å²) in [5.41, 5.74) is 9.74. The third-order valence-electron chi connectivity index (χ3n) is 8.51. The van der Waals surface area contributed by atoms with Gasteiger partial charge in [0.05, 0.1) is 0 Å². The summed E-state index contributed by atoms with van der Waals surface area (Å²) in [5.74, 6) is 0. The predicted molar refractivity (Wildman–Crippen MR) is 138 cm³/mol. The van der Waals surface area contributed by atoms with E-state index in [1.54, 1.807) is 11.1 Å². The molecule has 0 aromatic heterocycles. The van der Waals surface area contributed by atoms with E-state index in [9.17, 15) is 0 Å². The topological polar surface area (TPSA) is 0 Å². The van der Waals surface area contributed by atoms with Gasteiger partial charge in [0.25, 0.3) is 0 Å². The number of benzene rings is 3. The summed E-state index contributed by atoms with van der Waals surface area (Å²) < 4.78 is 4.05. The number of rotatable bonds is 7. The van der Waals surface area contributed by atoms with Gasteiger partial charge < -0.3 is 0 Å². The number of allylic oxidation sites excluding steroid dienone is 4. The fourth-order valence-corrected chi connectivity index (χ4v) is 16.6. The number of hydrogen-bond acceptors (Lipinski definition) is 0. The Hall–Kier alpha value is -2.15. The minimum absolute atomic E-state index is 0.247. The maximum absolute atomic E-state index is 2.73. The van der Waals surface area contributed by atoms with Crippen LogP contribution in [-0.4, -0.2) is 0 Å². The van der Waals surface area contributed by atoms with Gasteiger partial charge in [-0.1, -0.05) is 0 Å². The van der Waals surface area contributed by atoms with Gasteiger partial charge in [-0.15, -0.1) is 0 Å². The Morgan fingerprint density at radius 2 is 1.06 bits per heavy atom. The van der Waals surface area contributed by atoms with Crippen molar-refractivity contribution in [1.29, 1.82) is 0 Å². The van der Waals surface area contributed by atoms with E-state index in [4.69, 9.17) is 0 Å². The van der Waals surface area contributed by atoms with Crippen LogP contribution < -0.4 is 0 Å². The van der Waals surface area contributed by atoms with Gasteiger partial charge in [0.1, 0.15) is 0 Å². The van der Waals surface area contributed by atoms with Crippen LogP contribution in [0, 0.1) is 0 Å². The molecule has 33 heavy (non-hydrogen) atoms. The quantitative estimate of drug-likeness (QED) is 0.304. The Kier molecular flexibility index (Phi) is 6.59. The second-order valence-electron chi connectivity index (χ2n) is 10.4. The van der Waals surface area contributed by atoms with Crippen molar-refractivity contribution in [1.82, 2.24) is 0 Å². The Morgan fingerprint density at radius 3 is 1.52 bits per heavy atom. The monoisotopic (exact) mass is 468 g/mol. The van der Waals surface area contributed by atoms with E-state index >= 15 is 0 Å². The predicted octanol–water partition coefficient (Wildman–Crippen LogP) is 8.75. The molecule has 2 aliphatic rings. The van der Waals surface area contributed by atoms with Crippen molar-refractivity contribution >= 4 is 0 Å². The first kappa shape index (κ1) is 22.6. The molecule has 0 saturated carbocycles. The van der Waals surface area contributed by atoms with Gasteiger partial charge in [0, 0.05) is 0 Å². The second-order valence-corrected chi connectivity index (χ2v) is 17.6. The van der Waals surface area contributed by atoms with E-state index in [-0.39, 0.29) is 3.72 Å². The zero-order chi connectivity index (χ0) is 22.7. The zero-order valence-electron chi connectivity index (χ0n) is 20.2. The molecule has 0 bridgehead atoms. The molecule has 0 heterocycles. The molecule has 0 spiro atoms. The van der Waals surface area contributed by atoms with Gasteiger partial charge in [0.2, 0.25) is 0 Å². The number of hydrogen-bond donors (Lipinski definition) is 0. The summed E-state index contributed by atoms with van der Waals surface area (Å²) in [4.78, 5) is 0. The summed E-state index contributed by atoms with van der Waals surface area (Å²) in [5, 5.41) is 0. The van der Waals surface area contributed by atoms with Crippen molar-refractivity contribution in [2.75, 3.05) is 0 Å². The SMILES string of the molecule is CC1=CC2=C(CCCC2)[C]1(C)[Ti]([CH2]c1ccccc1)([CH2]c1ccccc1)[CH2]c1ccccc1. The summed E-state index contributed by atoms with van der Waals surface area (Å²) >= 11 is -2.73. The van der Waals surface area contributed by atoms with Crippen molar-refractivity contribution in [2.24, 2.45) is 0 Å². The fourth-order valence-electron chi connectivity index (χ4n) is 6.72. The van der Waals surface area contributed by atoms with Gasteiger partial charge in [-0.3, -0.25) is 0 Å². The van der Waals surface area contributed by atoms with Crippen LogP contribution in [0.15, 0.2) is 114 Å². The fraction of sp³-hybridized carbons (Fsp3) is 0.312. The first-order chi connectivity index (χ1) is 16.1. The molecule has 5 rings (SSSR count). The Morgan fingerprint density at radius 1 is 0.636 bits per heavy atom. The van der Waals surface area contributed by atoms with E-state index < -0.39 is 16.6 Å². The summed E-state index contributed by atoms with van der Waals surface area (Å²) in [6.45, 7) is 5.13. The van der Waals surface area contributed by atoms with Crippen LogP contribution >= 0.6 is 0 Å². The third-order valence-corrected chi connectivity index (χ3v) is 18.0. The molecular formula is C32H36Ti. The third kappa shape index (κ3) is 4.36. The van der Waals surface area contributed by atoms with Crippen molar-refractivity contribution in [3.63, 3.8) is 0 Å². The normalized spacial score (nSPS) is 20.5. The molecule has 0 saturated heterocycles. The zero-order valence-corrected chi connectivity index (χ0v) is 21.7. The van der Waals surface area contributed by atoms with Crippen LogP contribution in [0.4, 0.5) is 0 Å². The maximum atomic E-state index is 2.67.